The first-order valence-electron chi connectivity index (χ1n) is 12.3. The van der Waals surface area contributed by atoms with E-state index in [1.54, 1.807) is 12.1 Å². The van der Waals surface area contributed by atoms with Crippen LogP contribution in [0.2, 0.25) is 0 Å². The zero-order chi connectivity index (χ0) is 27.6. The van der Waals surface area contributed by atoms with E-state index < -0.39 is 23.6 Å². The van der Waals surface area contributed by atoms with Gasteiger partial charge in [0.2, 0.25) is 5.91 Å². The van der Waals surface area contributed by atoms with Gasteiger partial charge < -0.3 is 16.4 Å². The average molecular weight is 521 g/mol. The fraction of sp³-hybridized carbons (Fsp3) is 0.276. The quantitative estimate of drug-likeness (QED) is 0.438. The van der Waals surface area contributed by atoms with Gasteiger partial charge in [0.15, 0.2) is 11.6 Å². The Hall–Kier alpha value is -4.11. The Kier molecular flexibility index (Phi) is 7.59. The van der Waals surface area contributed by atoms with Crippen LogP contribution in [0.1, 0.15) is 58.2 Å². The molecule has 1 unspecified atom stereocenters. The zero-order valence-electron chi connectivity index (χ0n) is 21.5. The number of nitrogens with zero attached hydrogens (tertiary/aromatic N) is 1. The van der Waals surface area contributed by atoms with Gasteiger partial charge in [0.1, 0.15) is 0 Å². The van der Waals surface area contributed by atoms with E-state index in [0.717, 1.165) is 17.7 Å². The van der Waals surface area contributed by atoms with Gasteiger partial charge in [0.05, 0.1) is 23.8 Å². The van der Waals surface area contributed by atoms with Crippen molar-refractivity contribution < 1.29 is 23.2 Å². The smallest absolute Gasteiger partial charge is 0.259 e. The van der Waals surface area contributed by atoms with E-state index >= 15 is 0 Å². The van der Waals surface area contributed by atoms with Crippen LogP contribution in [0.15, 0.2) is 60.7 Å². The first kappa shape index (κ1) is 26.9. The molecule has 1 heterocycles. The molecule has 0 bridgehead atoms. The molecule has 7 nitrogen and oxygen atoms in total. The molecule has 1 aliphatic rings. The number of carbonyl (C=O) groups is 3. The van der Waals surface area contributed by atoms with Crippen molar-refractivity contribution >= 4 is 29.1 Å². The highest BCUT2D eigenvalue weighted by molar-refractivity contribution is 6.12. The summed E-state index contributed by atoms with van der Waals surface area (Å²) in [5.41, 5.74) is 7.94. The van der Waals surface area contributed by atoms with Crippen LogP contribution >= 0.6 is 0 Å². The highest BCUT2D eigenvalue weighted by Crippen LogP contribution is 2.40. The Bertz CT molecular complexity index is 1390. The van der Waals surface area contributed by atoms with E-state index in [-0.39, 0.29) is 40.5 Å². The van der Waals surface area contributed by atoms with Crippen LogP contribution in [0.5, 0.6) is 0 Å². The summed E-state index contributed by atoms with van der Waals surface area (Å²) < 4.78 is 27.7. The molecule has 4 N–H and O–H groups in total. The van der Waals surface area contributed by atoms with Crippen LogP contribution in [-0.2, 0) is 4.79 Å². The first-order valence-corrected chi connectivity index (χ1v) is 12.3. The van der Waals surface area contributed by atoms with Gasteiger partial charge in [-0.15, -0.1) is 0 Å². The number of amides is 3. The fourth-order valence-electron chi connectivity index (χ4n) is 4.19. The molecular weight excluding hydrogens is 490 g/mol. The molecule has 0 saturated carbocycles. The molecule has 3 aromatic carbocycles. The van der Waals surface area contributed by atoms with Crippen molar-refractivity contribution in [3.63, 3.8) is 0 Å². The van der Waals surface area contributed by atoms with Crippen LogP contribution in [0.3, 0.4) is 0 Å². The molecule has 1 aliphatic heterocycles. The molecule has 1 atom stereocenters. The first-order chi connectivity index (χ1) is 18.0. The van der Waals surface area contributed by atoms with Crippen LogP contribution in [0, 0.1) is 24.0 Å². The maximum atomic E-state index is 14.1. The predicted molar refractivity (Wildman–Crippen MR) is 142 cm³/mol. The molecule has 0 saturated heterocycles. The summed E-state index contributed by atoms with van der Waals surface area (Å²) in [5.74, 6) is -3.56. The van der Waals surface area contributed by atoms with Crippen molar-refractivity contribution in [3.05, 3.63) is 94.6 Å². The second kappa shape index (κ2) is 10.7. The number of fused-ring (bicyclic) bond motifs is 1. The van der Waals surface area contributed by atoms with Crippen molar-refractivity contribution in [2.24, 2.45) is 11.1 Å². The lowest BCUT2D eigenvalue weighted by Gasteiger charge is -2.31. The largest absolute Gasteiger partial charge is 0.351 e. The Labute approximate surface area is 220 Å². The number of nitrogens with one attached hydrogen (secondary N) is 2. The van der Waals surface area contributed by atoms with Gasteiger partial charge in [0.25, 0.3) is 11.8 Å². The third-order valence-electron chi connectivity index (χ3n) is 6.61. The fourth-order valence-corrected chi connectivity index (χ4v) is 4.19. The average Bonchev–Trinajstić information content (AvgIpc) is 3.04. The Morgan fingerprint density at radius 2 is 1.71 bits per heavy atom. The molecule has 0 spiro atoms. The van der Waals surface area contributed by atoms with Crippen molar-refractivity contribution in [2.75, 3.05) is 23.3 Å². The molecule has 0 fully saturated rings. The maximum absolute atomic E-state index is 14.1. The number of hydrogen-bond acceptors (Lipinski definition) is 4. The van der Waals surface area contributed by atoms with E-state index in [2.05, 4.69) is 10.6 Å². The molecule has 0 aliphatic carbocycles. The highest BCUT2D eigenvalue weighted by atomic mass is 19.2. The number of nitrogens with two attached hydrogens (primary N) is 1. The highest BCUT2D eigenvalue weighted by Gasteiger charge is 2.35. The van der Waals surface area contributed by atoms with Crippen molar-refractivity contribution in [3.8, 4) is 0 Å². The van der Waals surface area contributed by atoms with E-state index in [4.69, 9.17) is 5.73 Å². The van der Waals surface area contributed by atoms with E-state index in [0.29, 0.717) is 24.3 Å². The second-order valence-electron chi connectivity index (χ2n) is 10.3. The topological polar surface area (TPSA) is 105 Å². The number of anilines is 2. The van der Waals surface area contributed by atoms with Crippen molar-refractivity contribution in [1.82, 2.24) is 5.32 Å². The summed E-state index contributed by atoms with van der Waals surface area (Å²) in [5, 5.41) is 5.65. The Morgan fingerprint density at radius 1 is 1.03 bits per heavy atom. The molecule has 3 aromatic rings. The standard InChI is InChI=1S/C29H30F2N4O3/c1-17-4-6-18(7-5-17)25-14-26(36)34-23-13-19(27(37)33-16-29(2,3)15-32)9-11-24(23)35(25)28(38)20-8-10-21(30)22(31)12-20/h4-13,25H,14-16,32H2,1-3H3,(H,33,37)(H,34,36). The van der Waals surface area contributed by atoms with Crippen molar-refractivity contribution in [1.29, 1.82) is 0 Å². The molecule has 3 amide bonds. The SMILES string of the molecule is Cc1ccc(C2CC(=O)Nc3cc(C(=O)NCC(C)(C)CN)ccc3N2C(=O)c2ccc(F)c(F)c2)cc1. The summed E-state index contributed by atoms with van der Waals surface area (Å²) in [6.45, 7) is 6.51. The lowest BCUT2D eigenvalue weighted by atomic mass is 9.94. The van der Waals surface area contributed by atoms with E-state index in [1.807, 2.05) is 45.0 Å². The minimum absolute atomic E-state index is 0.0767. The minimum Gasteiger partial charge on any atom is -0.351 e. The number of hydrogen-bond donors (Lipinski definition) is 3. The lowest BCUT2D eigenvalue weighted by Crippen LogP contribution is -2.38. The number of carbonyl (C=O) groups excluding carboxylic acids is 3. The lowest BCUT2D eigenvalue weighted by molar-refractivity contribution is -0.116. The molecule has 0 radical (unpaired) electrons. The maximum Gasteiger partial charge on any atom is 0.259 e. The number of aryl methyl sites for hydroxylation is 1. The number of rotatable bonds is 6. The monoisotopic (exact) mass is 520 g/mol. The van der Waals surface area contributed by atoms with Gasteiger partial charge in [-0.1, -0.05) is 43.7 Å². The minimum atomic E-state index is -1.15. The predicted octanol–water partition coefficient (Wildman–Crippen LogP) is 4.72. The van der Waals surface area contributed by atoms with Gasteiger partial charge in [-0.25, -0.2) is 8.78 Å². The molecule has 9 heteroatoms. The molecule has 38 heavy (non-hydrogen) atoms. The van der Waals surface area contributed by atoms with E-state index in [9.17, 15) is 23.2 Å². The van der Waals surface area contributed by atoms with Crippen LogP contribution in [0.4, 0.5) is 20.2 Å². The van der Waals surface area contributed by atoms with Gasteiger partial charge in [-0.05, 0) is 60.8 Å². The Morgan fingerprint density at radius 3 is 2.37 bits per heavy atom. The van der Waals surface area contributed by atoms with Crippen LogP contribution in [-0.4, -0.2) is 30.8 Å². The Balaban J connectivity index is 1.79. The third-order valence-corrected chi connectivity index (χ3v) is 6.61. The number of halogens is 2. The van der Waals surface area contributed by atoms with Crippen molar-refractivity contribution in [2.45, 2.75) is 33.2 Å². The molecule has 0 aromatic heterocycles. The van der Waals surface area contributed by atoms with Gasteiger partial charge >= 0.3 is 0 Å². The zero-order valence-corrected chi connectivity index (χ0v) is 21.5. The van der Waals surface area contributed by atoms with Gasteiger partial charge in [0, 0.05) is 17.7 Å². The van der Waals surface area contributed by atoms with Gasteiger partial charge in [-0.2, -0.15) is 0 Å². The summed E-state index contributed by atoms with van der Waals surface area (Å²) in [4.78, 5) is 41.1. The van der Waals surface area contributed by atoms with Gasteiger partial charge in [-0.3, -0.25) is 19.3 Å². The third kappa shape index (κ3) is 5.73. The summed E-state index contributed by atoms with van der Waals surface area (Å²) in [7, 11) is 0. The van der Waals surface area contributed by atoms with Crippen LogP contribution < -0.4 is 21.3 Å². The molecule has 198 valence electrons. The van der Waals surface area contributed by atoms with Crippen LogP contribution in [0.25, 0.3) is 0 Å². The normalized spacial score (nSPS) is 15.4. The van der Waals surface area contributed by atoms with E-state index in [1.165, 1.54) is 17.0 Å². The molecule has 4 rings (SSSR count). The summed E-state index contributed by atoms with van der Waals surface area (Å²) >= 11 is 0. The summed E-state index contributed by atoms with van der Waals surface area (Å²) in [6, 6.07) is 14.2. The summed E-state index contributed by atoms with van der Waals surface area (Å²) in [6.07, 6.45) is -0.0840. The number of benzene rings is 3. The molecular formula is C29H30F2N4O3. The second-order valence-corrected chi connectivity index (χ2v) is 10.3.